The predicted octanol–water partition coefficient (Wildman–Crippen LogP) is 2.41. The van der Waals surface area contributed by atoms with Crippen LogP contribution >= 0.6 is 11.3 Å². The van der Waals surface area contributed by atoms with E-state index in [-0.39, 0.29) is 5.60 Å². The molecule has 7 heteroatoms. The van der Waals surface area contributed by atoms with Gasteiger partial charge in [-0.25, -0.2) is 9.78 Å². The second-order valence-corrected chi connectivity index (χ2v) is 7.81. The minimum atomic E-state index is -0.391. The lowest BCUT2D eigenvalue weighted by Gasteiger charge is -2.26. The van der Waals surface area contributed by atoms with Crippen LogP contribution in [0, 0.1) is 6.92 Å². The molecule has 2 unspecified atom stereocenters. The molecule has 4 rings (SSSR count). The maximum atomic E-state index is 12.0. The number of nitrogens with one attached hydrogen (secondary N) is 1. The summed E-state index contributed by atoms with van der Waals surface area (Å²) in [7, 11) is 1.37. The molecular weight excluding hydrogens is 340 g/mol. The molecule has 3 heterocycles. The lowest BCUT2D eigenvalue weighted by atomic mass is 10.0. The molecular formula is C18H20N2O4S. The number of hydrogen-bond donors (Lipinski definition) is 1. The number of aromatic nitrogens is 1. The van der Waals surface area contributed by atoms with Gasteiger partial charge in [-0.15, -0.1) is 11.3 Å². The van der Waals surface area contributed by atoms with Crippen molar-refractivity contribution >= 4 is 17.3 Å². The fourth-order valence-corrected chi connectivity index (χ4v) is 4.08. The fraction of sp³-hybridized carbons (Fsp3) is 0.444. The zero-order valence-electron chi connectivity index (χ0n) is 14.2. The molecule has 2 aromatic rings. The fourth-order valence-electron chi connectivity index (χ4n) is 3.33. The molecule has 2 bridgehead atoms. The SMILES string of the molecule is COC(=O)c1cc(OCC23CNC(CO2)C3)cc(-c2ncc(C)s2)c1. The third kappa shape index (κ3) is 3.27. The van der Waals surface area contributed by atoms with Crippen LogP contribution in [0.25, 0.3) is 10.6 Å². The summed E-state index contributed by atoms with van der Waals surface area (Å²) in [5.41, 5.74) is 1.04. The molecule has 6 nitrogen and oxygen atoms in total. The zero-order chi connectivity index (χ0) is 17.4. The van der Waals surface area contributed by atoms with E-state index in [1.165, 1.54) is 7.11 Å². The summed E-state index contributed by atoms with van der Waals surface area (Å²) < 4.78 is 16.8. The molecule has 2 fully saturated rings. The van der Waals surface area contributed by atoms with Crippen molar-refractivity contribution in [1.29, 1.82) is 0 Å². The molecule has 2 aliphatic rings. The van der Waals surface area contributed by atoms with Gasteiger partial charge >= 0.3 is 5.97 Å². The average molecular weight is 360 g/mol. The lowest BCUT2D eigenvalue weighted by molar-refractivity contribution is -0.0363. The van der Waals surface area contributed by atoms with Gasteiger partial charge in [-0.3, -0.25) is 0 Å². The average Bonchev–Trinajstić information content (AvgIpc) is 3.35. The molecule has 0 radical (unpaired) electrons. The highest BCUT2D eigenvalue weighted by Crippen LogP contribution is 2.34. The molecule has 1 aromatic heterocycles. The van der Waals surface area contributed by atoms with Gasteiger partial charge in [-0.2, -0.15) is 0 Å². The Balaban J connectivity index is 1.60. The number of aryl methyl sites for hydroxylation is 1. The van der Waals surface area contributed by atoms with Crippen LogP contribution < -0.4 is 10.1 Å². The number of carbonyl (C=O) groups is 1. The molecule has 0 amide bonds. The van der Waals surface area contributed by atoms with Gasteiger partial charge in [0.25, 0.3) is 0 Å². The number of hydrogen-bond acceptors (Lipinski definition) is 7. The minimum Gasteiger partial charge on any atom is -0.490 e. The molecule has 2 aliphatic heterocycles. The number of benzene rings is 1. The molecule has 2 atom stereocenters. The van der Waals surface area contributed by atoms with Crippen molar-refractivity contribution in [2.24, 2.45) is 0 Å². The van der Waals surface area contributed by atoms with Crippen LogP contribution in [-0.4, -0.2) is 49.5 Å². The quantitative estimate of drug-likeness (QED) is 0.826. The normalized spacial score (nSPS) is 24.5. The highest BCUT2D eigenvalue weighted by molar-refractivity contribution is 7.14. The molecule has 132 valence electrons. The first-order valence-corrected chi connectivity index (χ1v) is 9.05. The standard InChI is InChI=1S/C18H20N2O4S/c1-11-7-19-16(25-11)12-3-13(17(21)22-2)5-15(4-12)23-10-18-6-14(8-24-18)20-9-18/h3-5,7,14,20H,6,8-10H2,1-2H3. The van der Waals surface area contributed by atoms with E-state index in [4.69, 9.17) is 14.2 Å². The Kier molecular flexibility index (Phi) is 4.23. The van der Waals surface area contributed by atoms with Gasteiger partial charge in [0.2, 0.25) is 0 Å². The van der Waals surface area contributed by atoms with Crippen LogP contribution in [0.4, 0.5) is 0 Å². The summed E-state index contributed by atoms with van der Waals surface area (Å²) in [6, 6.07) is 5.84. The Morgan fingerprint density at radius 1 is 1.48 bits per heavy atom. The number of ether oxygens (including phenoxy) is 3. The highest BCUT2D eigenvalue weighted by atomic mass is 32.1. The van der Waals surface area contributed by atoms with Crippen molar-refractivity contribution in [3.63, 3.8) is 0 Å². The van der Waals surface area contributed by atoms with E-state index in [1.54, 1.807) is 23.5 Å². The van der Waals surface area contributed by atoms with Gasteiger partial charge in [-0.1, -0.05) is 0 Å². The van der Waals surface area contributed by atoms with Crippen LogP contribution in [-0.2, 0) is 9.47 Å². The molecule has 1 N–H and O–H groups in total. The van der Waals surface area contributed by atoms with E-state index in [0.717, 1.165) is 35.0 Å². The molecule has 25 heavy (non-hydrogen) atoms. The first-order chi connectivity index (χ1) is 12.1. The van der Waals surface area contributed by atoms with E-state index in [0.29, 0.717) is 24.0 Å². The Morgan fingerprint density at radius 2 is 2.36 bits per heavy atom. The third-order valence-electron chi connectivity index (χ3n) is 4.62. The summed E-state index contributed by atoms with van der Waals surface area (Å²) >= 11 is 1.58. The number of rotatable bonds is 5. The first-order valence-electron chi connectivity index (χ1n) is 8.23. The van der Waals surface area contributed by atoms with Crippen LogP contribution in [0.2, 0.25) is 0 Å². The number of fused-ring (bicyclic) bond motifs is 2. The van der Waals surface area contributed by atoms with Gasteiger partial charge in [0, 0.05) is 29.2 Å². The van der Waals surface area contributed by atoms with Crippen molar-refractivity contribution in [3.05, 3.63) is 34.8 Å². The molecule has 2 saturated heterocycles. The summed E-state index contributed by atoms with van der Waals surface area (Å²) in [4.78, 5) is 17.5. The van der Waals surface area contributed by atoms with E-state index in [9.17, 15) is 4.79 Å². The molecule has 0 spiro atoms. The van der Waals surface area contributed by atoms with Crippen LogP contribution in [0.3, 0.4) is 0 Å². The van der Waals surface area contributed by atoms with Gasteiger partial charge in [0.1, 0.15) is 23.0 Å². The summed E-state index contributed by atoms with van der Waals surface area (Å²) in [6.45, 7) is 3.99. The number of carbonyl (C=O) groups excluding carboxylic acids is 1. The molecule has 0 saturated carbocycles. The number of methoxy groups -OCH3 is 1. The summed E-state index contributed by atoms with van der Waals surface area (Å²) in [5, 5.41) is 4.28. The van der Waals surface area contributed by atoms with Gasteiger partial charge in [-0.05, 0) is 31.5 Å². The second kappa shape index (κ2) is 6.40. The van der Waals surface area contributed by atoms with Crippen molar-refractivity contribution in [2.75, 3.05) is 26.9 Å². The second-order valence-electron chi connectivity index (χ2n) is 6.58. The zero-order valence-corrected chi connectivity index (χ0v) is 15.0. The van der Waals surface area contributed by atoms with Crippen LogP contribution in [0.15, 0.2) is 24.4 Å². The van der Waals surface area contributed by atoms with Crippen LogP contribution in [0.5, 0.6) is 5.75 Å². The Morgan fingerprint density at radius 3 is 2.96 bits per heavy atom. The first kappa shape index (κ1) is 16.5. The third-order valence-corrected chi connectivity index (χ3v) is 5.58. The Bertz CT molecular complexity index is 796. The number of esters is 1. The van der Waals surface area contributed by atoms with Gasteiger partial charge in [0.15, 0.2) is 0 Å². The Labute approximate surface area is 150 Å². The monoisotopic (exact) mass is 360 g/mol. The number of nitrogens with zero attached hydrogens (tertiary/aromatic N) is 1. The molecule has 1 aromatic carbocycles. The molecule has 0 aliphatic carbocycles. The number of thiazole rings is 1. The van der Waals surface area contributed by atoms with E-state index < -0.39 is 5.97 Å². The van der Waals surface area contributed by atoms with E-state index >= 15 is 0 Å². The highest BCUT2D eigenvalue weighted by Gasteiger charge is 2.46. The van der Waals surface area contributed by atoms with Crippen molar-refractivity contribution in [1.82, 2.24) is 10.3 Å². The van der Waals surface area contributed by atoms with E-state index in [1.807, 2.05) is 19.2 Å². The number of morpholine rings is 1. The topological polar surface area (TPSA) is 69.7 Å². The maximum absolute atomic E-state index is 12.0. The smallest absolute Gasteiger partial charge is 0.338 e. The summed E-state index contributed by atoms with van der Waals surface area (Å²) in [6.07, 6.45) is 2.78. The van der Waals surface area contributed by atoms with Crippen molar-refractivity contribution in [2.45, 2.75) is 25.0 Å². The van der Waals surface area contributed by atoms with Crippen molar-refractivity contribution < 1.29 is 19.0 Å². The summed E-state index contributed by atoms with van der Waals surface area (Å²) in [5.74, 6) is 0.233. The van der Waals surface area contributed by atoms with Crippen LogP contribution in [0.1, 0.15) is 21.7 Å². The van der Waals surface area contributed by atoms with Gasteiger partial charge in [0.05, 0.1) is 19.3 Å². The predicted molar refractivity (Wildman–Crippen MR) is 94.2 cm³/mol. The maximum Gasteiger partial charge on any atom is 0.338 e. The van der Waals surface area contributed by atoms with Gasteiger partial charge < -0.3 is 19.5 Å². The van der Waals surface area contributed by atoms with E-state index in [2.05, 4.69) is 10.3 Å². The lowest BCUT2D eigenvalue weighted by Crippen LogP contribution is -2.43. The minimum absolute atomic E-state index is 0.260. The largest absolute Gasteiger partial charge is 0.490 e. The van der Waals surface area contributed by atoms with Crippen molar-refractivity contribution in [3.8, 4) is 16.3 Å². The Hall–Kier alpha value is -1.96.